The number of ether oxygens (including phenoxy) is 2. The number of carbonyl (C=O) groups is 1. The number of likely N-dealkylation sites (tertiary alicyclic amines) is 1. The van der Waals surface area contributed by atoms with E-state index in [1.165, 1.54) is 10.9 Å². The number of hydrogen-bond acceptors (Lipinski definition) is 5. The highest BCUT2D eigenvalue weighted by atomic mass is 79.9. The first kappa shape index (κ1) is 18.6. The Morgan fingerprint density at radius 1 is 1.26 bits per heavy atom. The van der Waals surface area contributed by atoms with Crippen molar-refractivity contribution in [2.45, 2.75) is 44.6 Å². The van der Waals surface area contributed by atoms with Crippen molar-refractivity contribution in [1.29, 1.82) is 0 Å². The van der Waals surface area contributed by atoms with Gasteiger partial charge in [-0.2, -0.15) is 0 Å². The highest BCUT2D eigenvalue weighted by Gasteiger charge is 2.35. The fourth-order valence-electron chi connectivity index (χ4n) is 3.80. The number of aromatic nitrogens is 2. The standard InChI is InChI=1S/C19H22BrN3O4/c20-13-4-5-15-14(11-13)18(25)22(12-21-15)8-6-17(24)23-7-2-1-3-16(23)19-26-9-10-27-19/h4-5,11-12,16,19H,1-3,6-10H2. The molecular formula is C19H22BrN3O4. The van der Waals surface area contributed by atoms with Crippen LogP contribution in [0.25, 0.3) is 10.9 Å². The third-order valence-corrected chi connectivity index (χ3v) is 5.68. The molecule has 3 heterocycles. The van der Waals surface area contributed by atoms with Crippen LogP contribution in [0.1, 0.15) is 25.7 Å². The predicted octanol–water partition coefficient (Wildman–Crippen LogP) is 2.30. The molecule has 4 rings (SSSR count). The van der Waals surface area contributed by atoms with Gasteiger partial charge in [-0.1, -0.05) is 15.9 Å². The van der Waals surface area contributed by atoms with Crippen molar-refractivity contribution in [3.63, 3.8) is 0 Å². The molecule has 0 saturated carbocycles. The van der Waals surface area contributed by atoms with Crippen molar-refractivity contribution in [1.82, 2.24) is 14.5 Å². The Balaban J connectivity index is 1.47. The van der Waals surface area contributed by atoms with Crippen LogP contribution < -0.4 is 5.56 Å². The number of rotatable bonds is 4. The van der Waals surface area contributed by atoms with E-state index in [0.29, 0.717) is 37.2 Å². The molecule has 7 nitrogen and oxygen atoms in total. The Morgan fingerprint density at radius 2 is 2.07 bits per heavy atom. The van der Waals surface area contributed by atoms with Gasteiger partial charge in [0.15, 0.2) is 6.29 Å². The molecule has 0 spiro atoms. The molecule has 144 valence electrons. The maximum absolute atomic E-state index is 12.8. The minimum absolute atomic E-state index is 0.0278. The normalized spacial score (nSPS) is 21.1. The van der Waals surface area contributed by atoms with Gasteiger partial charge >= 0.3 is 0 Å². The molecule has 2 saturated heterocycles. The maximum Gasteiger partial charge on any atom is 0.261 e. The van der Waals surface area contributed by atoms with Crippen LogP contribution in [0.5, 0.6) is 0 Å². The van der Waals surface area contributed by atoms with Crippen LogP contribution in [-0.4, -0.2) is 52.4 Å². The molecule has 1 aromatic carbocycles. The Kier molecular flexibility index (Phi) is 5.56. The molecule has 0 bridgehead atoms. The smallest absolute Gasteiger partial charge is 0.261 e. The lowest BCUT2D eigenvalue weighted by Crippen LogP contribution is -2.50. The summed E-state index contributed by atoms with van der Waals surface area (Å²) in [6.07, 6.45) is 4.40. The SMILES string of the molecule is O=C(CCn1cnc2ccc(Br)cc2c1=O)N1CCCCC1C1OCCO1. The fourth-order valence-corrected chi connectivity index (χ4v) is 4.16. The zero-order valence-electron chi connectivity index (χ0n) is 15.0. The predicted molar refractivity (Wildman–Crippen MR) is 103 cm³/mol. The number of carbonyl (C=O) groups excluding carboxylic acids is 1. The fraction of sp³-hybridized carbons (Fsp3) is 0.526. The number of nitrogens with zero attached hydrogens (tertiary/aromatic N) is 3. The van der Waals surface area contributed by atoms with Crippen molar-refractivity contribution >= 4 is 32.7 Å². The molecule has 2 aliphatic heterocycles. The molecule has 0 radical (unpaired) electrons. The number of benzene rings is 1. The summed E-state index contributed by atoms with van der Waals surface area (Å²) in [6.45, 7) is 2.18. The first-order valence-electron chi connectivity index (χ1n) is 9.31. The number of amides is 1. The van der Waals surface area contributed by atoms with E-state index in [1.54, 1.807) is 12.1 Å². The van der Waals surface area contributed by atoms with Crippen LogP contribution in [-0.2, 0) is 20.8 Å². The number of piperidine rings is 1. The zero-order chi connectivity index (χ0) is 18.8. The van der Waals surface area contributed by atoms with Gasteiger partial charge in [-0.25, -0.2) is 4.98 Å². The minimum atomic E-state index is -0.323. The lowest BCUT2D eigenvalue weighted by atomic mass is 10.0. The van der Waals surface area contributed by atoms with Crippen LogP contribution in [0.2, 0.25) is 0 Å². The number of hydrogen-bond donors (Lipinski definition) is 0. The largest absolute Gasteiger partial charge is 0.348 e. The van der Waals surface area contributed by atoms with Gasteiger partial charge in [0.05, 0.1) is 36.5 Å². The van der Waals surface area contributed by atoms with Gasteiger partial charge in [0.2, 0.25) is 5.91 Å². The van der Waals surface area contributed by atoms with Gasteiger partial charge in [-0.3, -0.25) is 14.2 Å². The second-order valence-corrected chi connectivity index (χ2v) is 7.83. The van der Waals surface area contributed by atoms with Crippen LogP contribution in [0.15, 0.2) is 33.8 Å². The molecule has 2 fully saturated rings. The first-order valence-corrected chi connectivity index (χ1v) is 10.1. The Hall–Kier alpha value is -1.77. The number of fused-ring (bicyclic) bond motifs is 1. The topological polar surface area (TPSA) is 73.7 Å². The quantitative estimate of drug-likeness (QED) is 0.736. The van der Waals surface area contributed by atoms with E-state index in [4.69, 9.17) is 9.47 Å². The van der Waals surface area contributed by atoms with E-state index in [1.807, 2.05) is 11.0 Å². The summed E-state index contributed by atoms with van der Waals surface area (Å²) in [6, 6.07) is 5.39. The van der Waals surface area contributed by atoms with E-state index in [9.17, 15) is 9.59 Å². The molecule has 27 heavy (non-hydrogen) atoms. The molecule has 1 aromatic heterocycles. The van der Waals surface area contributed by atoms with E-state index >= 15 is 0 Å². The highest BCUT2D eigenvalue weighted by molar-refractivity contribution is 9.10. The van der Waals surface area contributed by atoms with E-state index < -0.39 is 0 Å². The molecule has 2 aromatic rings. The monoisotopic (exact) mass is 435 g/mol. The third-order valence-electron chi connectivity index (χ3n) is 5.18. The maximum atomic E-state index is 12.8. The summed E-state index contributed by atoms with van der Waals surface area (Å²) < 4.78 is 13.6. The average Bonchev–Trinajstić information content (AvgIpc) is 3.22. The summed E-state index contributed by atoms with van der Waals surface area (Å²) in [5.74, 6) is 0.0278. The zero-order valence-corrected chi connectivity index (χ0v) is 16.6. The molecule has 2 aliphatic rings. The van der Waals surface area contributed by atoms with E-state index in [-0.39, 0.29) is 30.2 Å². The Bertz CT molecular complexity index is 894. The summed E-state index contributed by atoms with van der Waals surface area (Å²) in [5, 5.41) is 0.544. The van der Waals surface area contributed by atoms with Gasteiger partial charge in [0.1, 0.15) is 0 Å². The summed E-state index contributed by atoms with van der Waals surface area (Å²) >= 11 is 3.38. The number of halogens is 1. The van der Waals surface area contributed by atoms with Gasteiger partial charge < -0.3 is 14.4 Å². The Morgan fingerprint density at radius 3 is 2.89 bits per heavy atom. The van der Waals surface area contributed by atoms with Crippen molar-refractivity contribution in [3.8, 4) is 0 Å². The molecule has 0 aliphatic carbocycles. The van der Waals surface area contributed by atoms with Crippen molar-refractivity contribution < 1.29 is 14.3 Å². The second-order valence-electron chi connectivity index (χ2n) is 6.91. The number of aryl methyl sites for hydroxylation is 1. The lowest BCUT2D eigenvalue weighted by Gasteiger charge is -2.38. The van der Waals surface area contributed by atoms with Gasteiger partial charge in [-0.05, 0) is 37.5 Å². The highest BCUT2D eigenvalue weighted by Crippen LogP contribution is 2.25. The molecule has 1 amide bonds. The average molecular weight is 436 g/mol. The van der Waals surface area contributed by atoms with Crippen LogP contribution in [0.4, 0.5) is 0 Å². The van der Waals surface area contributed by atoms with Crippen LogP contribution in [0.3, 0.4) is 0 Å². The van der Waals surface area contributed by atoms with E-state index in [0.717, 1.165) is 23.7 Å². The van der Waals surface area contributed by atoms with Gasteiger partial charge in [0, 0.05) is 24.0 Å². The van der Waals surface area contributed by atoms with Crippen molar-refractivity contribution in [3.05, 3.63) is 39.4 Å². The van der Waals surface area contributed by atoms with Crippen LogP contribution >= 0.6 is 15.9 Å². The van der Waals surface area contributed by atoms with Gasteiger partial charge in [-0.15, -0.1) is 0 Å². The van der Waals surface area contributed by atoms with Crippen molar-refractivity contribution in [2.24, 2.45) is 0 Å². The molecule has 8 heteroatoms. The first-order chi connectivity index (χ1) is 13.1. The summed E-state index contributed by atoms with van der Waals surface area (Å²) in [4.78, 5) is 31.7. The van der Waals surface area contributed by atoms with Gasteiger partial charge in [0.25, 0.3) is 5.56 Å². The second kappa shape index (κ2) is 8.08. The van der Waals surface area contributed by atoms with Crippen molar-refractivity contribution in [2.75, 3.05) is 19.8 Å². The minimum Gasteiger partial charge on any atom is -0.348 e. The summed E-state index contributed by atoms with van der Waals surface area (Å²) in [7, 11) is 0. The molecule has 1 atom stereocenters. The van der Waals surface area contributed by atoms with E-state index in [2.05, 4.69) is 20.9 Å². The molecular weight excluding hydrogens is 414 g/mol. The molecule has 0 N–H and O–H groups in total. The summed E-state index contributed by atoms with van der Waals surface area (Å²) in [5.41, 5.74) is 0.518. The third kappa shape index (κ3) is 3.93. The Labute approximate surface area is 165 Å². The van der Waals surface area contributed by atoms with Crippen LogP contribution in [0, 0.1) is 0 Å². The molecule has 1 unspecified atom stereocenters. The lowest BCUT2D eigenvalue weighted by molar-refractivity contribution is -0.150.